The molecule has 4 unspecified atom stereocenters. The van der Waals surface area contributed by atoms with Gasteiger partial charge in [0.05, 0.1) is 0 Å². The molecule has 1 aliphatic heterocycles. The highest BCUT2D eigenvalue weighted by Gasteiger charge is 2.31. The van der Waals surface area contributed by atoms with Gasteiger partial charge in [-0.2, -0.15) is 0 Å². The molecule has 0 spiro atoms. The van der Waals surface area contributed by atoms with Crippen molar-refractivity contribution >= 4 is 0 Å². The maximum atomic E-state index is 3.60. The van der Waals surface area contributed by atoms with Crippen LogP contribution in [0, 0.1) is 11.8 Å². The molecular formula is C13H28N2. The molecule has 1 N–H and O–H groups in total. The van der Waals surface area contributed by atoms with E-state index in [0.29, 0.717) is 12.1 Å². The van der Waals surface area contributed by atoms with Crippen LogP contribution < -0.4 is 5.32 Å². The number of nitrogens with one attached hydrogen (secondary N) is 1. The van der Waals surface area contributed by atoms with Crippen molar-refractivity contribution in [3.8, 4) is 0 Å². The van der Waals surface area contributed by atoms with Crippen molar-refractivity contribution in [3.63, 3.8) is 0 Å². The largest absolute Gasteiger partial charge is 0.313 e. The SMILES string of the molecule is CCNC(CC)C(C)N1CC(C)C(C)C1. The normalized spacial score (nSPS) is 31.8. The second-order valence-corrected chi connectivity index (χ2v) is 5.22. The Morgan fingerprint density at radius 1 is 1.20 bits per heavy atom. The Morgan fingerprint density at radius 3 is 2.13 bits per heavy atom. The van der Waals surface area contributed by atoms with Crippen molar-refractivity contribution in [1.29, 1.82) is 0 Å². The second kappa shape index (κ2) is 5.86. The molecule has 0 bridgehead atoms. The Morgan fingerprint density at radius 2 is 1.73 bits per heavy atom. The Kier molecular flexibility index (Phi) is 5.07. The van der Waals surface area contributed by atoms with E-state index in [1.807, 2.05) is 0 Å². The molecular weight excluding hydrogens is 184 g/mol. The molecule has 1 fully saturated rings. The van der Waals surface area contributed by atoms with Crippen LogP contribution in [0.1, 0.15) is 41.0 Å². The predicted molar refractivity (Wildman–Crippen MR) is 67.1 cm³/mol. The van der Waals surface area contributed by atoms with Gasteiger partial charge >= 0.3 is 0 Å². The smallest absolute Gasteiger partial charge is 0.0221 e. The van der Waals surface area contributed by atoms with Crippen LogP contribution in [0.4, 0.5) is 0 Å². The lowest BCUT2D eigenvalue weighted by atomic mass is 10.0. The van der Waals surface area contributed by atoms with E-state index in [1.165, 1.54) is 19.5 Å². The van der Waals surface area contributed by atoms with Crippen LogP contribution in [-0.2, 0) is 0 Å². The first kappa shape index (κ1) is 13.0. The molecule has 2 heteroatoms. The summed E-state index contributed by atoms with van der Waals surface area (Å²) >= 11 is 0. The molecule has 15 heavy (non-hydrogen) atoms. The summed E-state index contributed by atoms with van der Waals surface area (Å²) in [4.78, 5) is 2.66. The minimum atomic E-state index is 0.660. The Hall–Kier alpha value is -0.0800. The van der Waals surface area contributed by atoms with Gasteiger partial charge in [-0.05, 0) is 31.7 Å². The summed E-state index contributed by atoms with van der Waals surface area (Å²) in [6, 6.07) is 1.34. The van der Waals surface area contributed by atoms with Crippen molar-refractivity contribution < 1.29 is 0 Å². The first-order chi connectivity index (χ1) is 7.10. The average Bonchev–Trinajstić information content (AvgIpc) is 2.55. The molecule has 1 aliphatic rings. The topological polar surface area (TPSA) is 15.3 Å². The first-order valence-electron chi connectivity index (χ1n) is 6.57. The van der Waals surface area contributed by atoms with Gasteiger partial charge in [-0.3, -0.25) is 4.90 Å². The van der Waals surface area contributed by atoms with E-state index in [1.54, 1.807) is 0 Å². The molecule has 1 rings (SSSR count). The van der Waals surface area contributed by atoms with Gasteiger partial charge in [-0.15, -0.1) is 0 Å². The maximum absolute atomic E-state index is 3.60. The Bertz CT molecular complexity index is 171. The lowest BCUT2D eigenvalue weighted by Crippen LogP contribution is -2.47. The number of likely N-dealkylation sites (N-methyl/N-ethyl adjacent to an activating group) is 1. The van der Waals surface area contributed by atoms with Gasteiger partial charge in [0.2, 0.25) is 0 Å². The molecule has 0 aliphatic carbocycles. The van der Waals surface area contributed by atoms with Crippen LogP contribution in [-0.4, -0.2) is 36.6 Å². The van der Waals surface area contributed by atoms with E-state index in [0.717, 1.165) is 18.4 Å². The van der Waals surface area contributed by atoms with E-state index in [2.05, 4.69) is 44.8 Å². The number of likely N-dealkylation sites (tertiary alicyclic amines) is 1. The van der Waals surface area contributed by atoms with Gasteiger partial charge in [-0.1, -0.05) is 27.7 Å². The zero-order valence-electron chi connectivity index (χ0n) is 11.1. The van der Waals surface area contributed by atoms with Crippen molar-refractivity contribution in [1.82, 2.24) is 10.2 Å². The molecule has 0 radical (unpaired) electrons. The lowest BCUT2D eigenvalue weighted by molar-refractivity contribution is 0.195. The fourth-order valence-corrected chi connectivity index (χ4v) is 2.68. The van der Waals surface area contributed by atoms with E-state index in [4.69, 9.17) is 0 Å². The third-order valence-corrected chi connectivity index (χ3v) is 4.08. The van der Waals surface area contributed by atoms with Gasteiger partial charge in [0.25, 0.3) is 0 Å². The number of nitrogens with zero attached hydrogens (tertiary/aromatic N) is 1. The molecule has 0 aromatic rings. The summed E-state index contributed by atoms with van der Waals surface area (Å²) < 4.78 is 0. The molecule has 90 valence electrons. The summed E-state index contributed by atoms with van der Waals surface area (Å²) in [5.74, 6) is 1.73. The Balaban J connectivity index is 2.48. The van der Waals surface area contributed by atoms with Gasteiger partial charge in [0, 0.05) is 25.2 Å². The van der Waals surface area contributed by atoms with Crippen molar-refractivity contribution in [2.45, 2.75) is 53.1 Å². The third-order valence-electron chi connectivity index (χ3n) is 4.08. The van der Waals surface area contributed by atoms with Crippen molar-refractivity contribution in [3.05, 3.63) is 0 Å². The zero-order valence-corrected chi connectivity index (χ0v) is 11.1. The van der Waals surface area contributed by atoms with E-state index < -0.39 is 0 Å². The molecule has 0 saturated carbocycles. The summed E-state index contributed by atoms with van der Waals surface area (Å²) in [6.45, 7) is 15.3. The van der Waals surface area contributed by atoms with E-state index in [-0.39, 0.29) is 0 Å². The molecule has 1 saturated heterocycles. The van der Waals surface area contributed by atoms with Crippen LogP contribution in [0.3, 0.4) is 0 Å². The third kappa shape index (κ3) is 3.18. The van der Waals surface area contributed by atoms with Crippen LogP contribution in [0.25, 0.3) is 0 Å². The number of hydrogen-bond acceptors (Lipinski definition) is 2. The monoisotopic (exact) mass is 212 g/mol. The first-order valence-corrected chi connectivity index (χ1v) is 6.57. The minimum Gasteiger partial charge on any atom is -0.313 e. The van der Waals surface area contributed by atoms with Gasteiger partial charge in [0.1, 0.15) is 0 Å². The van der Waals surface area contributed by atoms with Crippen LogP contribution in [0.15, 0.2) is 0 Å². The quantitative estimate of drug-likeness (QED) is 0.752. The van der Waals surface area contributed by atoms with Crippen LogP contribution in [0.2, 0.25) is 0 Å². The zero-order chi connectivity index (χ0) is 11.4. The van der Waals surface area contributed by atoms with Crippen molar-refractivity contribution in [2.75, 3.05) is 19.6 Å². The van der Waals surface area contributed by atoms with E-state index >= 15 is 0 Å². The molecule has 0 aromatic heterocycles. The van der Waals surface area contributed by atoms with Crippen molar-refractivity contribution in [2.24, 2.45) is 11.8 Å². The molecule has 1 heterocycles. The number of hydrogen-bond donors (Lipinski definition) is 1. The molecule has 0 aromatic carbocycles. The van der Waals surface area contributed by atoms with Gasteiger partial charge < -0.3 is 5.32 Å². The summed E-state index contributed by atoms with van der Waals surface area (Å²) in [7, 11) is 0. The average molecular weight is 212 g/mol. The van der Waals surface area contributed by atoms with E-state index in [9.17, 15) is 0 Å². The lowest BCUT2D eigenvalue weighted by Gasteiger charge is -2.32. The second-order valence-electron chi connectivity index (χ2n) is 5.22. The fraction of sp³-hybridized carbons (Fsp3) is 1.00. The highest BCUT2D eigenvalue weighted by molar-refractivity contribution is 4.87. The predicted octanol–water partition coefficient (Wildman–Crippen LogP) is 2.35. The van der Waals surface area contributed by atoms with Gasteiger partial charge in [-0.25, -0.2) is 0 Å². The maximum Gasteiger partial charge on any atom is 0.0221 e. The molecule has 4 atom stereocenters. The summed E-state index contributed by atoms with van der Waals surface area (Å²) in [6.07, 6.45) is 1.23. The van der Waals surface area contributed by atoms with Crippen LogP contribution in [0.5, 0.6) is 0 Å². The summed E-state index contributed by atoms with van der Waals surface area (Å²) in [5, 5.41) is 3.60. The standard InChI is InChI=1S/C13H28N2/c1-6-13(14-7-2)12(5)15-8-10(3)11(4)9-15/h10-14H,6-9H2,1-5H3. The molecule has 2 nitrogen and oxygen atoms in total. The minimum absolute atomic E-state index is 0.660. The molecule has 0 amide bonds. The fourth-order valence-electron chi connectivity index (χ4n) is 2.68. The Labute approximate surface area is 95.4 Å². The van der Waals surface area contributed by atoms with Crippen LogP contribution >= 0.6 is 0 Å². The van der Waals surface area contributed by atoms with Gasteiger partial charge in [0.15, 0.2) is 0 Å². The highest BCUT2D eigenvalue weighted by atomic mass is 15.2. The number of rotatable bonds is 5. The highest BCUT2D eigenvalue weighted by Crippen LogP contribution is 2.25. The summed E-state index contributed by atoms with van der Waals surface area (Å²) in [5.41, 5.74) is 0.